The zero-order chi connectivity index (χ0) is 10.2. The molecule has 3 N–H and O–H groups in total. The van der Waals surface area contributed by atoms with Crippen molar-refractivity contribution >= 4 is 0 Å². The molecule has 0 radical (unpaired) electrons. The van der Waals surface area contributed by atoms with Crippen LogP contribution in [-0.2, 0) is 6.42 Å². The fraction of sp³-hybridized carbons (Fsp3) is 0.333. The van der Waals surface area contributed by atoms with E-state index in [-0.39, 0.29) is 0 Å². The summed E-state index contributed by atoms with van der Waals surface area (Å²) in [5.41, 5.74) is 4.16. The molecule has 0 aliphatic heterocycles. The molecule has 0 saturated heterocycles. The summed E-state index contributed by atoms with van der Waals surface area (Å²) in [4.78, 5) is 0. The van der Waals surface area contributed by atoms with E-state index in [1.165, 1.54) is 5.56 Å². The number of benzene rings is 1. The molecule has 0 fully saturated rings. The third-order valence-electron chi connectivity index (χ3n) is 2.31. The van der Waals surface area contributed by atoms with Crippen LogP contribution in [0.25, 0.3) is 0 Å². The van der Waals surface area contributed by atoms with Crippen LogP contribution in [0.4, 0.5) is 0 Å². The Morgan fingerprint density at radius 3 is 2.64 bits per heavy atom. The van der Waals surface area contributed by atoms with Gasteiger partial charge in [-0.15, -0.1) is 6.58 Å². The highest BCUT2D eigenvalue weighted by atomic mass is 15.2. The minimum atomic E-state index is 0.340. The number of rotatable bonds is 6. The van der Waals surface area contributed by atoms with Crippen molar-refractivity contribution < 1.29 is 0 Å². The molecule has 1 aromatic rings. The second-order valence-electron chi connectivity index (χ2n) is 3.41. The van der Waals surface area contributed by atoms with Crippen molar-refractivity contribution in [2.45, 2.75) is 25.3 Å². The van der Waals surface area contributed by atoms with Gasteiger partial charge in [0.15, 0.2) is 0 Å². The van der Waals surface area contributed by atoms with E-state index in [0.717, 1.165) is 19.3 Å². The average Bonchev–Trinajstić information content (AvgIpc) is 2.25. The largest absolute Gasteiger partial charge is 0.271 e. The highest BCUT2D eigenvalue weighted by Crippen LogP contribution is 2.06. The maximum absolute atomic E-state index is 5.43. The number of aryl methyl sites for hydroxylation is 1. The van der Waals surface area contributed by atoms with E-state index < -0.39 is 0 Å². The molecule has 0 bridgehead atoms. The van der Waals surface area contributed by atoms with E-state index >= 15 is 0 Å². The Kier molecular flexibility index (Phi) is 4.97. The smallest absolute Gasteiger partial charge is 0.0248 e. The minimum Gasteiger partial charge on any atom is -0.271 e. The van der Waals surface area contributed by atoms with Crippen LogP contribution < -0.4 is 11.3 Å². The first-order valence-corrected chi connectivity index (χ1v) is 4.97. The molecular weight excluding hydrogens is 172 g/mol. The number of nitrogens with two attached hydrogens (primary N) is 1. The summed E-state index contributed by atoms with van der Waals surface area (Å²) in [5, 5.41) is 0. The Labute approximate surface area is 85.8 Å². The van der Waals surface area contributed by atoms with Crippen LogP contribution >= 0.6 is 0 Å². The maximum Gasteiger partial charge on any atom is 0.0248 e. The standard InChI is InChI=1S/C12H18N2/c1-2-6-12(14-13)10-9-11-7-4-3-5-8-11/h2-5,7-8,12,14H,1,6,9-10,13H2. The van der Waals surface area contributed by atoms with Crippen LogP contribution in [-0.4, -0.2) is 6.04 Å². The van der Waals surface area contributed by atoms with E-state index in [2.05, 4.69) is 36.3 Å². The minimum absolute atomic E-state index is 0.340. The molecule has 1 rings (SSSR count). The van der Waals surface area contributed by atoms with Crippen molar-refractivity contribution in [3.05, 3.63) is 48.6 Å². The van der Waals surface area contributed by atoms with Crippen LogP contribution in [0.1, 0.15) is 18.4 Å². The number of hydrogen-bond acceptors (Lipinski definition) is 2. The van der Waals surface area contributed by atoms with Gasteiger partial charge in [0.25, 0.3) is 0 Å². The van der Waals surface area contributed by atoms with Crippen LogP contribution in [0.5, 0.6) is 0 Å². The van der Waals surface area contributed by atoms with Gasteiger partial charge in [-0.05, 0) is 24.8 Å². The first-order chi connectivity index (χ1) is 6.86. The zero-order valence-corrected chi connectivity index (χ0v) is 8.45. The lowest BCUT2D eigenvalue weighted by atomic mass is 10.0. The summed E-state index contributed by atoms with van der Waals surface area (Å²) >= 11 is 0. The monoisotopic (exact) mass is 190 g/mol. The highest BCUT2D eigenvalue weighted by molar-refractivity contribution is 5.14. The summed E-state index contributed by atoms with van der Waals surface area (Å²) in [7, 11) is 0. The van der Waals surface area contributed by atoms with E-state index in [4.69, 9.17) is 5.84 Å². The second-order valence-corrected chi connectivity index (χ2v) is 3.41. The van der Waals surface area contributed by atoms with Crippen molar-refractivity contribution in [2.24, 2.45) is 5.84 Å². The van der Waals surface area contributed by atoms with Gasteiger partial charge in [0, 0.05) is 6.04 Å². The molecule has 0 aliphatic carbocycles. The van der Waals surface area contributed by atoms with E-state index in [1.54, 1.807) is 0 Å². The Bertz CT molecular complexity index is 256. The molecule has 0 amide bonds. The normalized spacial score (nSPS) is 12.4. The van der Waals surface area contributed by atoms with Crippen LogP contribution in [0.3, 0.4) is 0 Å². The molecule has 14 heavy (non-hydrogen) atoms. The van der Waals surface area contributed by atoms with E-state index in [0.29, 0.717) is 6.04 Å². The third kappa shape index (κ3) is 3.73. The third-order valence-corrected chi connectivity index (χ3v) is 2.31. The first kappa shape index (κ1) is 11.0. The summed E-state index contributed by atoms with van der Waals surface area (Å²) in [6.45, 7) is 3.71. The average molecular weight is 190 g/mol. The maximum atomic E-state index is 5.43. The van der Waals surface area contributed by atoms with Crippen molar-refractivity contribution in [1.82, 2.24) is 5.43 Å². The van der Waals surface area contributed by atoms with Crippen LogP contribution in [0, 0.1) is 0 Å². The van der Waals surface area contributed by atoms with Gasteiger partial charge in [-0.1, -0.05) is 36.4 Å². The van der Waals surface area contributed by atoms with Gasteiger partial charge >= 0.3 is 0 Å². The van der Waals surface area contributed by atoms with E-state index in [9.17, 15) is 0 Å². The van der Waals surface area contributed by atoms with Gasteiger partial charge in [0.2, 0.25) is 0 Å². The first-order valence-electron chi connectivity index (χ1n) is 4.97. The quantitative estimate of drug-likeness (QED) is 0.409. The number of hydrogen-bond donors (Lipinski definition) is 2. The zero-order valence-electron chi connectivity index (χ0n) is 8.45. The van der Waals surface area contributed by atoms with Crippen LogP contribution in [0.2, 0.25) is 0 Å². The fourth-order valence-corrected chi connectivity index (χ4v) is 1.46. The van der Waals surface area contributed by atoms with Crippen molar-refractivity contribution in [1.29, 1.82) is 0 Å². The Morgan fingerprint density at radius 1 is 1.36 bits per heavy atom. The van der Waals surface area contributed by atoms with Crippen molar-refractivity contribution in [3.63, 3.8) is 0 Å². The summed E-state index contributed by atoms with van der Waals surface area (Å²) in [6, 6.07) is 10.8. The van der Waals surface area contributed by atoms with Crippen molar-refractivity contribution in [2.75, 3.05) is 0 Å². The lowest BCUT2D eigenvalue weighted by Gasteiger charge is -2.13. The summed E-state index contributed by atoms with van der Waals surface area (Å²) in [6.07, 6.45) is 4.93. The second kappa shape index (κ2) is 6.35. The Morgan fingerprint density at radius 2 is 2.07 bits per heavy atom. The Hall–Kier alpha value is -1.12. The van der Waals surface area contributed by atoms with Gasteiger partial charge in [-0.25, -0.2) is 0 Å². The number of nitrogens with one attached hydrogen (secondary N) is 1. The van der Waals surface area contributed by atoms with Crippen molar-refractivity contribution in [3.8, 4) is 0 Å². The predicted molar refractivity (Wildman–Crippen MR) is 60.7 cm³/mol. The lowest BCUT2D eigenvalue weighted by Crippen LogP contribution is -2.34. The molecule has 1 aromatic carbocycles. The molecule has 2 heteroatoms. The van der Waals surface area contributed by atoms with E-state index in [1.807, 2.05) is 12.1 Å². The lowest BCUT2D eigenvalue weighted by molar-refractivity contribution is 0.499. The molecule has 0 spiro atoms. The molecule has 1 atom stereocenters. The predicted octanol–water partition coefficient (Wildman–Crippen LogP) is 2.03. The summed E-state index contributed by atoms with van der Waals surface area (Å²) < 4.78 is 0. The number of hydrazine groups is 1. The topological polar surface area (TPSA) is 38.0 Å². The molecule has 0 aromatic heterocycles. The molecule has 2 nitrogen and oxygen atoms in total. The van der Waals surface area contributed by atoms with Gasteiger partial charge < -0.3 is 0 Å². The van der Waals surface area contributed by atoms with Gasteiger partial charge in [0.1, 0.15) is 0 Å². The van der Waals surface area contributed by atoms with Gasteiger partial charge in [-0.3, -0.25) is 11.3 Å². The molecule has 0 saturated carbocycles. The molecule has 76 valence electrons. The highest BCUT2D eigenvalue weighted by Gasteiger charge is 2.03. The van der Waals surface area contributed by atoms with Gasteiger partial charge in [-0.2, -0.15) is 0 Å². The summed E-state index contributed by atoms with van der Waals surface area (Å²) in [5.74, 6) is 5.43. The fourth-order valence-electron chi connectivity index (χ4n) is 1.46. The molecule has 0 aliphatic rings. The molecular formula is C12H18N2. The Balaban J connectivity index is 2.35. The van der Waals surface area contributed by atoms with Crippen LogP contribution in [0.15, 0.2) is 43.0 Å². The molecule has 0 heterocycles. The molecule has 1 unspecified atom stereocenters. The van der Waals surface area contributed by atoms with Gasteiger partial charge in [0.05, 0.1) is 0 Å². The SMILES string of the molecule is C=CCC(CCc1ccccc1)NN.